The summed E-state index contributed by atoms with van der Waals surface area (Å²) in [6.45, 7) is 3.23. The number of anilines is 2. The summed E-state index contributed by atoms with van der Waals surface area (Å²) < 4.78 is 27.0. The van der Waals surface area contributed by atoms with Crippen LogP contribution in [0.2, 0.25) is 0 Å². The van der Waals surface area contributed by atoms with E-state index in [1.54, 1.807) is 44.0 Å². The average molecular weight is 277 g/mol. The summed E-state index contributed by atoms with van der Waals surface area (Å²) in [5.41, 5.74) is 2.25. The van der Waals surface area contributed by atoms with Crippen molar-refractivity contribution >= 4 is 11.4 Å². The zero-order chi connectivity index (χ0) is 14.9. The molecule has 2 aromatic rings. The lowest BCUT2D eigenvalue weighted by Gasteiger charge is -2.24. The third-order valence-electron chi connectivity index (χ3n) is 3.31. The summed E-state index contributed by atoms with van der Waals surface area (Å²) in [7, 11) is 1.76. The summed E-state index contributed by atoms with van der Waals surface area (Å²) in [4.78, 5) is 1.73. The Morgan fingerprint density at radius 1 is 1.15 bits per heavy atom. The topological polar surface area (TPSA) is 23.5 Å². The van der Waals surface area contributed by atoms with Gasteiger partial charge in [0.15, 0.2) is 0 Å². The van der Waals surface area contributed by atoms with Gasteiger partial charge in [-0.25, -0.2) is 8.78 Å². The molecule has 0 aliphatic rings. The van der Waals surface area contributed by atoms with Gasteiger partial charge < -0.3 is 10.0 Å². The number of aliphatic hydroxyl groups is 1. The smallest absolute Gasteiger partial charge is 0.126 e. The first kappa shape index (κ1) is 14.5. The first-order valence-corrected chi connectivity index (χ1v) is 6.37. The lowest BCUT2D eigenvalue weighted by Crippen LogP contribution is -2.14. The SMILES string of the molecule is Cc1cc(N(C)c2cccc(F)c2)c([C@@H](C)O)cc1F. The molecule has 0 radical (unpaired) electrons. The summed E-state index contributed by atoms with van der Waals surface area (Å²) >= 11 is 0. The fourth-order valence-corrected chi connectivity index (χ4v) is 2.13. The fourth-order valence-electron chi connectivity index (χ4n) is 2.13. The molecule has 20 heavy (non-hydrogen) atoms. The van der Waals surface area contributed by atoms with E-state index in [0.29, 0.717) is 22.5 Å². The molecule has 0 fully saturated rings. The van der Waals surface area contributed by atoms with Crippen molar-refractivity contribution in [2.75, 3.05) is 11.9 Å². The molecule has 1 N–H and O–H groups in total. The Kier molecular flexibility index (Phi) is 4.04. The van der Waals surface area contributed by atoms with Crippen LogP contribution in [0.1, 0.15) is 24.2 Å². The van der Waals surface area contributed by atoms with Crippen LogP contribution in [-0.2, 0) is 0 Å². The number of rotatable bonds is 3. The van der Waals surface area contributed by atoms with Gasteiger partial charge in [-0.3, -0.25) is 0 Å². The number of benzene rings is 2. The van der Waals surface area contributed by atoms with E-state index >= 15 is 0 Å². The molecular formula is C16H17F2NO. The second kappa shape index (κ2) is 5.59. The van der Waals surface area contributed by atoms with E-state index in [4.69, 9.17) is 0 Å². The number of aryl methyl sites for hydroxylation is 1. The van der Waals surface area contributed by atoms with Crippen LogP contribution >= 0.6 is 0 Å². The van der Waals surface area contributed by atoms with Gasteiger partial charge >= 0.3 is 0 Å². The molecule has 0 unspecified atom stereocenters. The van der Waals surface area contributed by atoms with Crippen molar-refractivity contribution in [3.63, 3.8) is 0 Å². The summed E-state index contributed by atoms with van der Waals surface area (Å²) in [6, 6.07) is 9.11. The number of aliphatic hydroxyl groups excluding tert-OH is 1. The molecule has 106 valence electrons. The predicted octanol–water partition coefficient (Wildman–Crippen LogP) is 4.09. The van der Waals surface area contributed by atoms with E-state index < -0.39 is 6.10 Å². The van der Waals surface area contributed by atoms with Crippen LogP contribution in [0.4, 0.5) is 20.2 Å². The third kappa shape index (κ3) is 2.80. The Morgan fingerprint density at radius 3 is 2.45 bits per heavy atom. The van der Waals surface area contributed by atoms with Crippen LogP contribution in [0, 0.1) is 18.6 Å². The summed E-state index contributed by atoms with van der Waals surface area (Å²) in [5, 5.41) is 9.80. The highest BCUT2D eigenvalue weighted by atomic mass is 19.1. The molecule has 0 heterocycles. The first-order valence-electron chi connectivity index (χ1n) is 6.37. The normalized spacial score (nSPS) is 12.3. The molecule has 0 amide bonds. The minimum Gasteiger partial charge on any atom is -0.389 e. The Morgan fingerprint density at radius 2 is 1.85 bits per heavy atom. The van der Waals surface area contributed by atoms with Gasteiger partial charge in [-0.05, 0) is 49.7 Å². The van der Waals surface area contributed by atoms with Crippen molar-refractivity contribution in [3.8, 4) is 0 Å². The number of hydrogen-bond acceptors (Lipinski definition) is 2. The molecular weight excluding hydrogens is 260 g/mol. The second-order valence-electron chi connectivity index (χ2n) is 4.88. The van der Waals surface area contributed by atoms with Crippen molar-refractivity contribution in [2.24, 2.45) is 0 Å². The maximum atomic E-state index is 13.7. The highest BCUT2D eigenvalue weighted by Crippen LogP contribution is 2.33. The zero-order valence-corrected chi connectivity index (χ0v) is 11.7. The Hall–Kier alpha value is -1.94. The van der Waals surface area contributed by atoms with Gasteiger partial charge in [0.2, 0.25) is 0 Å². The maximum absolute atomic E-state index is 13.7. The maximum Gasteiger partial charge on any atom is 0.126 e. The van der Waals surface area contributed by atoms with Crippen LogP contribution in [0.15, 0.2) is 36.4 Å². The molecule has 2 aromatic carbocycles. The zero-order valence-electron chi connectivity index (χ0n) is 11.7. The van der Waals surface area contributed by atoms with E-state index in [0.717, 1.165) is 0 Å². The van der Waals surface area contributed by atoms with Crippen molar-refractivity contribution in [3.05, 3.63) is 59.2 Å². The molecule has 0 bridgehead atoms. The van der Waals surface area contributed by atoms with Crippen LogP contribution in [-0.4, -0.2) is 12.2 Å². The second-order valence-corrected chi connectivity index (χ2v) is 4.88. The van der Waals surface area contributed by atoms with Gasteiger partial charge in [-0.1, -0.05) is 6.07 Å². The lowest BCUT2D eigenvalue weighted by atomic mass is 10.0. The number of nitrogens with zero attached hydrogens (tertiary/aromatic N) is 1. The number of hydrogen-bond donors (Lipinski definition) is 1. The van der Waals surface area contributed by atoms with Gasteiger partial charge in [0.25, 0.3) is 0 Å². The van der Waals surface area contributed by atoms with Crippen LogP contribution in [0.25, 0.3) is 0 Å². The van der Waals surface area contributed by atoms with Crippen molar-refractivity contribution in [1.82, 2.24) is 0 Å². The van der Waals surface area contributed by atoms with Gasteiger partial charge in [0.05, 0.1) is 6.10 Å². The molecule has 0 spiro atoms. The third-order valence-corrected chi connectivity index (χ3v) is 3.31. The average Bonchev–Trinajstić information content (AvgIpc) is 2.40. The molecule has 4 heteroatoms. The van der Waals surface area contributed by atoms with E-state index in [9.17, 15) is 13.9 Å². The molecule has 1 atom stereocenters. The highest BCUT2D eigenvalue weighted by Gasteiger charge is 2.16. The van der Waals surface area contributed by atoms with E-state index in [2.05, 4.69) is 0 Å². The summed E-state index contributed by atoms with van der Waals surface area (Å²) in [6.07, 6.45) is -0.809. The minimum atomic E-state index is -0.809. The molecule has 0 saturated heterocycles. The first-order chi connectivity index (χ1) is 9.40. The Bertz CT molecular complexity index is 626. The Labute approximate surface area is 117 Å². The quantitative estimate of drug-likeness (QED) is 0.913. The van der Waals surface area contributed by atoms with E-state index in [1.165, 1.54) is 18.2 Å². The molecule has 0 aliphatic heterocycles. The molecule has 0 saturated carbocycles. The predicted molar refractivity (Wildman–Crippen MR) is 76.2 cm³/mol. The molecule has 0 aliphatic carbocycles. The summed E-state index contributed by atoms with van der Waals surface area (Å²) in [5.74, 6) is -0.705. The largest absolute Gasteiger partial charge is 0.389 e. The van der Waals surface area contributed by atoms with Gasteiger partial charge in [0.1, 0.15) is 11.6 Å². The molecule has 0 aromatic heterocycles. The molecule has 2 rings (SSSR count). The number of halogens is 2. The molecule has 2 nitrogen and oxygen atoms in total. The van der Waals surface area contributed by atoms with Gasteiger partial charge in [-0.2, -0.15) is 0 Å². The van der Waals surface area contributed by atoms with Crippen LogP contribution in [0.3, 0.4) is 0 Å². The highest BCUT2D eigenvalue weighted by molar-refractivity contribution is 5.67. The standard InChI is InChI=1S/C16H17F2NO/c1-10-7-16(14(11(2)20)9-15(10)18)19(3)13-6-4-5-12(17)8-13/h4-9,11,20H,1-3H3/t11-/m1/s1. The van der Waals surface area contributed by atoms with E-state index in [-0.39, 0.29) is 11.6 Å². The van der Waals surface area contributed by atoms with E-state index in [1.807, 2.05) is 0 Å². The Balaban J connectivity index is 2.53. The lowest BCUT2D eigenvalue weighted by molar-refractivity contribution is 0.199. The fraction of sp³-hybridized carbons (Fsp3) is 0.250. The minimum absolute atomic E-state index is 0.341. The van der Waals surface area contributed by atoms with Crippen molar-refractivity contribution < 1.29 is 13.9 Å². The van der Waals surface area contributed by atoms with Gasteiger partial charge in [-0.15, -0.1) is 0 Å². The van der Waals surface area contributed by atoms with Crippen molar-refractivity contribution in [1.29, 1.82) is 0 Å². The van der Waals surface area contributed by atoms with Gasteiger partial charge in [0, 0.05) is 24.0 Å². The van der Waals surface area contributed by atoms with Crippen LogP contribution < -0.4 is 4.90 Å². The monoisotopic (exact) mass is 277 g/mol. The van der Waals surface area contributed by atoms with Crippen molar-refractivity contribution in [2.45, 2.75) is 20.0 Å². The van der Waals surface area contributed by atoms with Crippen LogP contribution in [0.5, 0.6) is 0 Å².